The molecule has 154 valence electrons. The van der Waals surface area contributed by atoms with Crippen LogP contribution in [0.15, 0.2) is 23.0 Å². The molecule has 2 aromatic heterocycles. The number of halogens is 4. The molecule has 0 spiro atoms. The molecule has 0 aliphatic rings. The molecular weight excluding hydrogens is 429 g/mol. The van der Waals surface area contributed by atoms with Gasteiger partial charge in [0, 0.05) is 5.02 Å². The Bertz CT molecular complexity index is 1150. The van der Waals surface area contributed by atoms with Gasteiger partial charge in [-0.05, 0) is 44.8 Å². The fraction of sp³-hybridized carbons (Fsp3) is 0.278. The molecule has 1 amide bonds. The number of nitrogens with zero attached hydrogens (tertiary/aromatic N) is 2. The topological polar surface area (TPSA) is 78.1 Å². The average Bonchev–Trinajstić information content (AvgIpc) is 2.92. The van der Waals surface area contributed by atoms with Gasteiger partial charge in [0.05, 0.1) is 28.1 Å². The van der Waals surface area contributed by atoms with Crippen LogP contribution in [0.4, 0.5) is 18.9 Å². The van der Waals surface area contributed by atoms with Crippen molar-refractivity contribution < 1.29 is 18.0 Å². The first-order valence-electron chi connectivity index (χ1n) is 8.32. The maximum atomic E-state index is 13.3. The third kappa shape index (κ3) is 4.44. The molecule has 0 saturated heterocycles. The molecule has 0 fully saturated rings. The Morgan fingerprint density at radius 3 is 2.66 bits per heavy atom. The third-order valence-corrected chi connectivity index (χ3v) is 5.48. The van der Waals surface area contributed by atoms with Gasteiger partial charge in [0.25, 0.3) is 11.5 Å². The predicted molar refractivity (Wildman–Crippen MR) is 107 cm³/mol. The van der Waals surface area contributed by atoms with Crippen molar-refractivity contribution in [3.8, 4) is 0 Å². The van der Waals surface area contributed by atoms with E-state index in [4.69, 9.17) is 11.6 Å². The van der Waals surface area contributed by atoms with Gasteiger partial charge in [0.1, 0.15) is 10.7 Å². The van der Waals surface area contributed by atoms with Gasteiger partial charge in [0.15, 0.2) is 0 Å². The first-order chi connectivity index (χ1) is 13.5. The molecule has 6 nitrogen and oxygen atoms in total. The highest BCUT2D eigenvalue weighted by Crippen LogP contribution is 2.37. The molecule has 0 aliphatic carbocycles. The van der Waals surface area contributed by atoms with Crippen LogP contribution in [0.25, 0.3) is 10.2 Å². The number of H-pyrrole nitrogens is 1. The van der Waals surface area contributed by atoms with Crippen LogP contribution in [0.3, 0.4) is 0 Å². The molecule has 11 heteroatoms. The van der Waals surface area contributed by atoms with Crippen molar-refractivity contribution >= 4 is 44.7 Å². The Morgan fingerprint density at radius 2 is 2.03 bits per heavy atom. The molecule has 2 N–H and O–H groups in total. The number of aryl methyl sites for hydroxylation is 1. The van der Waals surface area contributed by atoms with Crippen LogP contribution in [0.5, 0.6) is 0 Å². The first-order valence-corrected chi connectivity index (χ1v) is 9.52. The number of rotatable bonds is 4. The van der Waals surface area contributed by atoms with E-state index in [9.17, 15) is 22.8 Å². The zero-order valence-electron chi connectivity index (χ0n) is 15.6. The monoisotopic (exact) mass is 444 g/mol. The van der Waals surface area contributed by atoms with Gasteiger partial charge < -0.3 is 15.2 Å². The molecule has 0 aliphatic heterocycles. The summed E-state index contributed by atoms with van der Waals surface area (Å²) in [5.41, 5.74) is -1.52. The summed E-state index contributed by atoms with van der Waals surface area (Å²) in [7, 11) is 3.63. The Balaban J connectivity index is 2.02. The number of fused-ring (bicyclic) bond motifs is 1. The van der Waals surface area contributed by atoms with E-state index in [1.807, 2.05) is 19.0 Å². The quantitative estimate of drug-likeness (QED) is 0.629. The van der Waals surface area contributed by atoms with Crippen molar-refractivity contribution in [2.75, 3.05) is 19.4 Å². The summed E-state index contributed by atoms with van der Waals surface area (Å²) in [6.07, 6.45) is -4.69. The molecule has 3 rings (SSSR count). The van der Waals surface area contributed by atoms with Gasteiger partial charge >= 0.3 is 6.18 Å². The number of nitrogens with one attached hydrogen (secondary N) is 2. The normalized spacial score (nSPS) is 12.0. The fourth-order valence-corrected chi connectivity index (χ4v) is 4.09. The van der Waals surface area contributed by atoms with Crippen LogP contribution in [-0.4, -0.2) is 34.9 Å². The Kier molecular flexibility index (Phi) is 5.70. The van der Waals surface area contributed by atoms with Crippen molar-refractivity contribution in [2.45, 2.75) is 19.6 Å². The van der Waals surface area contributed by atoms with E-state index < -0.39 is 28.9 Å². The van der Waals surface area contributed by atoms with Crippen molar-refractivity contribution in [3.63, 3.8) is 0 Å². The molecule has 0 radical (unpaired) electrons. The van der Waals surface area contributed by atoms with Crippen molar-refractivity contribution in [2.24, 2.45) is 0 Å². The summed E-state index contributed by atoms with van der Waals surface area (Å²) in [4.78, 5) is 34.4. The van der Waals surface area contributed by atoms with E-state index in [1.165, 1.54) is 6.07 Å². The molecule has 3 aromatic rings. The highest BCUT2D eigenvalue weighted by Gasteiger charge is 2.34. The molecule has 29 heavy (non-hydrogen) atoms. The number of aromatic amines is 1. The highest BCUT2D eigenvalue weighted by atomic mass is 35.5. The fourth-order valence-electron chi connectivity index (χ4n) is 2.82. The van der Waals surface area contributed by atoms with Gasteiger partial charge in [-0.2, -0.15) is 13.2 Å². The standard InChI is InChI=1S/C18H16ClF3N4O2S/c1-8-13-15(27)24-12(7-26(2)3)25-17(13)29-14(8)16(28)23-11-5-4-9(19)6-10(11)18(20,21)22/h4-6H,7H2,1-3H3,(H,23,28)(H,24,25,27). The van der Waals surface area contributed by atoms with Gasteiger partial charge in [-0.3, -0.25) is 9.59 Å². The Hall–Kier alpha value is -2.43. The smallest absolute Gasteiger partial charge is 0.321 e. The lowest BCUT2D eigenvalue weighted by atomic mass is 10.1. The predicted octanol–water partition coefficient (Wildman–Crippen LogP) is 4.28. The summed E-state index contributed by atoms with van der Waals surface area (Å²) in [6, 6.07) is 3.09. The lowest BCUT2D eigenvalue weighted by molar-refractivity contribution is -0.136. The number of carbonyl (C=O) groups is 1. The number of amides is 1. The first kappa shape index (κ1) is 21.3. The second-order valence-electron chi connectivity index (χ2n) is 6.63. The summed E-state index contributed by atoms with van der Waals surface area (Å²) < 4.78 is 39.8. The molecule has 0 atom stereocenters. The van der Waals surface area contributed by atoms with Gasteiger partial charge in [-0.15, -0.1) is 11.3 Å². The van der Waals surface area contributed by atoms with E-state index in [-0.39, 0.29) is 15.3 Å². The summed E-state index contributed by atoms with van der Waals surface area (Å²) in [5, 5.41) is 2.42. The number of alkyl halides is 3. The zero-order valence-corrected chi connectivity index (χ0v) is 17.1. The molecule has 1 aromatic carbocycles. The largest absolute Gasteiger partial charge is 0.418 e. The highest BCUT2D eigenvalue weighted by molar-refractivity contribution is 7.20. The van der Waals surface area contributed by atoms with E-state index in [0.29, 0.717) is 22.8 Å². The van der Waals surface area contributed by atoms with E-state index in [0.717, 1.165) is 23.5 Å². The van der Waals surface area contributed by atoms with Gasteiger partial charge in [-0.25, -0.2) is 4.98 Å². The minimum atomic E-state index is -4.69. The van der Waals surface area contributed by atoms with Crippen LogP contribution in [0, 0.1) is 6.92 Å². The minimum absolute atomic E-state index is 0.0995. The van der Waals surface area contributed by atoms with Crippen LogP contribution < -0.4 is 10.9 Å². The van der Waals surface area contributed by atoms with E-state index >= 15 is 0 Å². The lowest BCUT2D eigenvalue weighted by Crippen LogP contribution is -2.18. The summed E-state index contributed by atoms with van der Waals surface area (Å²) in [5.74, 6) is -0.329. The molecule has 0 unspecified atom stereocenters. The van der Waals surface area contributed by atoms with Crippen molar-refractivity contribution in [1.29, 1.82) is 0 Å². The number of hydrogen-bond acceptors (Lipinski definition) is 5. The second kappa shape index (κ2) is 7.77. The number of carbonyl (C=O) groups excluding carboxylic acids is 1. The number of aromatic nitrogens is 2. The SMILES string of the molecule is Cc1c(C(=O)Nc2ccc(Cl)cc2C(F)(F)F)sc2nc(CN(C)C)[nH]c(=O)c12. The van der Waals surface area contributed by atoms with Gasteiger partial charge in [-0.1, -0.05) is 11.6 Å². The Labute approximate surface area is 172 Å². The number of benzene rings is 1. The maximum absolute atomic E-state index is 13.3. The Morgan fingerprint density at radius 1 is 1.34 bits per heavy atom. The zero-order chi connectivity index (χ0) is 21.5. The van der Waals surface area contributed by atoms with Crippen molar-refractivity contribution in [1.82, 2.24) is 14.9 Å². The van der Waals surface area contributed by atoms with Crippen LogP contribution in [-0.2, 0) is 12.7 Å². The van der Waals surface area contributed by atoms with E-state index in [2.05, 4.69) is 15.3 Å². The van der Waals surface area contributed by atoms with E-state index in [1.54, 1.807) is 6.92 Å². The molecular formula is C18H16ClF3N4O2S. The molecule has 2 heterocycles. The van der Waals surface area contributed by atoms with Crippen molar-refractivity contribution in [3.05, 3.63) is 55.4 Å². The summed E-state index contributed by atoms with van der Waals surface area (Å²) >= 11 is 6.62. The minimum Gasteiger partial charge on any atom is -0.321 e. The molecule has 0 bridgehead atoms. The maximum Gasteiger partial charge on any atom is 0.418 e. The number of thiophene rings is 1. The second-order valence-corrected chi connectivity index (χ2v) is 8.06. The average molecular weight is 445 g/mol. The van der Waals surface area contributed by atoms with Gasteiger partial charge in [0.2, 0.25) is 0 Å². The molecule has 0 saturated carbocycles. The number of hydrogen-bond donors (Lipinski definition) is 2. The number of anilines is 1. The van der Waals surface area contributed by atoms with Crippen LogP contribution >= 0.6 is 22.9 Å². The lowest BCUT2D eigenvalue weighted by Gasteiger charge is -2.14. The van der Waals surface area contributed by atoms with Crippen LogP contribution in [0.2, 0.25) is 5.02 Å². The summed E-state index contributed by atoms with van der Waals surface area (Å²) in [6.45, 7) is 1.95. The third-order valence-electron chi connectivity index (χ3n) is 4.06. The van der Waals surface area contributed by atoms with Crippen LogP contribution in [0.1, 0.15) is 26.6 Å².